The van der Waals surface area contributed by atoms with Gasteiger partial charge < -0.3 is 5.32 Å². The van der Waals surface area contributed by atoms with Gasteiger partial charge in [0.15, 0.2) is 0 Å². The molecule has 2 atom stereocenters. The molecule has 3 heteroatoms. The zero-order valence-corrected chi connectivity index (χ0v) is 12.2. The van der Waals surface area contributed by atoms with Crippen molar-refractivity contribution >= 4 is 21.8 Å². The van der Waals surface area contributed by atoms with Crippen molar-refractivity contribution in [2.24, 2.45) is 11.8 Å². The molecule has 2 aliphatic carbocycles. The summed E-state index contributed by atoms with van der Waals surface area (Å²) in [6, 6.07) is 0. The minimum atomic E-state index is 0.299. The third-order valence-electron chi connectivity index (χ3n) is 4.33. The Morgan fingerprint density at radius 1 is 1.00 bits per heavy atom. The van der Waals surface area contributed by atoms with Crippen molar-refractivity contribution in [3.8, 4) is 0 Å². The first-order chi connectivity index (χ1) is 8.27. The first-order valence-corrected chi connectivity index (χ1v) is 8.10. The highest BCUT2D eigenvalue weighted by Crippen LogP contribution is 2.31. The SMILES string of the molecule is O=C(NCC1CCCC1Br)C1CCCCCC1. The van der Waals surface area contributed by atoms with Crippen molar-refractivity contribution in [3.05, 3.63) is 0 Å². The highest BCUT2D eigenvalue weighted by atomic mass is 79.9. The molecule has 0 aromatic rings. The van der Waals surface area contributed by atoms with Crippen LogP contribution in [0.15, 0.2) is 0 Å². The zero-order valence-electron chi connectivity index (χ0n) is 10.6. The van der Waals surface area contributed by atoms with Crippen LogP contribution >= 0.6 is 15.9 Å². The number of alkyl halides is 1. The highest BCUT2D eigenvalue weighted by Gasteiger charge is 2.26. The molecule has 0 saturated heterocycles. The van der Waals surface area contributed by atoms with Crippen molar-refractivity contribution < 1.29 is 4.79 Å². The van der Waals surface area contributed by atoms with E-state index in [-0.39, 0.29) is 0 Å². The molecule has 2 nitrogen and oxygen atoms in total. The molecule has 17 heavy (non-hydrogen) atoms. The van der Waals surface area contributed by atoms with Crippen molar-refractivity contribution in [3.63, 3.8) is 0 Å². The zero-order chi connectivity index (χ0) is 12.1. The van der Waals surface area contributed by atoms with Gasteiger partial charge in [-0.1, -0.05) is 48.0 Å². The fourth-order valence-corrected chi connectivity index (χ4v) is 3.91. The molecule has 0 aromatic heterocycles. The van der Waals surface area contributed by atoms with Gasteiger partial charge in [-0.15, -0.1) is 0 Å². The number of hydrogen-bond acceptors (Lipinski definition) is 1. The van der Waals surface area contributed by atoms with E-state index in [0.717, 1.165) is 19.4 Å². The van der Waals surface area contributed by atoms with Crippen LogP contribution in [0.3, 0.4) is 0 Å². The predicted molar refractivity (Wildman–Crippen MR) is 74.3 cm³/mol. The summed E-state index contributed by atoms with van der Waals surface area (Å²) in [5.74, 6) is 1.27. The van der Waals surface area contributed by atoms with Gasteiger partial charge in [0.05, 0.1) is 0 Å². The van der Waals surface area contributed by atoms with Crippen LogP contribution in [0.2, 0.25) is 0 Å². The van der Waals surface area contributed by atoms with Crippen molar-refractivity contribution in [2.45, 2.75) is 62.6 Å². The lowest BCUT2D eigenvalue weighted by Crippen LogP contribution is -2.35. The molecule has 0 bridgehead atoms. The minimum Gasteiger partial charge on any atom is -0.356 e. The largest absolute Gasteiger partial charge is 0.356 e. The monoisotopic (exact) mass is 301 g/mol. The molecule has 2 saturated carbocycles. The number of nitrogens with one attached hydrogen (secondary N) is 1. The van der Waals surface area contributed by atoms with Crippen LogP contribution in [-0.4, -0.2) is 17.3 Å². The second-order valence-electron chi connectivity index (χ2n) is 5.64. The van der Waals surface area contributed by atoms with Crippen LogP contribution < -0.4 is 5.32 Å². The van der Waals surface area contributed by atoms with Gasteiger partial charge in [-0.25, -0.2) is 0 Å². The van der Waals surface area contributed by atoms with E-state index in [1.54, 1.807) is 0 Å². The van der Waals surface area contributed by atoms with Gasteiger partial charge in [0.25, 0.3) is 0 Å². The van der Waals surface area contributed by atoms with E-state index in [1.165, 1.54) is 44.9 Å². The normalized spacial score (nSPS) is 31.1. The van der Waals surface area contributed by atoms with E-state index in [1.807, 2.05) is 0 Å². The maximum absolute atomic E-state index is 12.1. The Morgan fingerprint density at radius 2 is 1.71 bits per heavy atom. The third-order valence-corrected chi connectivity index (χ3v) is 5.54. The van der Waals surface area contributed by atoms with E-state index >= 15 is 0 Å². The van der Waals surface area contributed by atoms with Gasteiger partial charge in [0.2, 0.25) is 5.91 Å². The van der Waals surface area contributed by atoms with Crippen molar-refractivity contribution in [1.82, 2.24) is 5.32 Å². The molecule has 98 valence electrons. The lowest BCUT2D eigenvalue weighted by atomic mass is 9.99. The van der Waals surface area contributed by atoms with Crippen LogP contribution in [0, 0.1) is 11.8 Å². The van der Waals surface area contributed by atoms with Crippen LogP contribution in [0.25, 0.3) is 0 Å². The highest BCUT2D eigenvalue weighted by molar-refractivity contribution is 9.09. The number of amides is 1. The molecule has 0 aliphatic heterocycles. The van der Waals surface area contributed by atoms with Crippen LogP contribution in [-0.2, 0) is 4.79 Å². The Labute approximate surface area is 113 Å². The van der Waals surface area contributed by atoms with Gasteiger partial charge in [-0.05, 0) is 31.6 Å². The summed E-state index contributed by atoms with van der Waals surface area (Å²) in [7, 11) is 0. The third kappa shape index (κ3) is 3.97. The first-order valence-electron chi connectivity index (χ1n) is 7.19. The van der Waals surface area contributed by atoms with Crippen LogP contribution in [0.4, 0.5) is 0 Å². The van der Waals surface area contributed by atoms with E-state index < -0.39 is 0 Å². The average molecular weight is 302 g/mol. The van der Waals surface area contributed by atoms with E-state index in [9.17, 15) is 4.79 Å². The summed E-state index contributed by atoms with van der Waals surface area (Å²) in [4.78, 5) is 12.7. The van der Waals surface area contributed by atoms with E-state index in [0.29, 0.717) is 22.6 Å². The molecule has 0 radical (unpaired) electrons. The van der Waals surface area contributed by atoms with Crippen LogP contribution in [0.1, 0.15) is 57.8 Å². The summed E-state index contributed by atoms with van der Waals surface area (Å²) in [5, 5.41) is 3.18. The number of carbonyl (C=O) groups is 1. The molecule has 2 unspecified atom stereocenters. The summed E-state index contributed by atoms with van der Waals surface area (Å²) < 4.78 is 0. The Bertz CT molecular complexity index is 249. The second kappa shape index (κ2) is 6.77. The topological polar surface area (TPSA) is 29.1 Å². The van der Waals surface area contributed by atoms with Gasteiger partial charge in [-0.3, -0.25) is 4.79 Å². The van der Waals surface area contributed by atoms with Crippen molar-refractivity contribution in [2.75, 3.05) is 6.54 Å². The Morgan fingerprint density at radius 3 is 2.29 bits per heavy atom. The summed E-state index contributed by atoms with van der Waals surface area (Å²) in [5.41, 5.74) is 0. The predicted octanol–water partition coefficient (Wildman–Crippen LogP) is 3.64. The van der Waals surface area contributed by atoms with Gasteiger partial charge >= 0.3 is 0 Å². The molecule has 0 heterocycles. The Kier molecular flexibility index (Phi) is 5.33. The van der Waals surface area contributed by atoms with Gasteiger partial charge in [0, 0.05) is 17.3 Å². The maximum atomic E-state index is 12.1. The number of halogens is 1. The van der Waals surface area contributed by atoms with Crippen LogP contribution in [0.5, 0.6) is 0 Å². The molecule has 1 N–H and O–H groups in total. The molecule has 2 fully saturated rings. The van der Waals surface area contributed by atoms with E-state index in [2.05, 4.69) is 21.2 Å². The number of hydrogen-bond donors (Lipinski definition) is 1. The summed E-state index contributed by atoms with van der Waals surface area (Å²) >= 11 is 3.71. The fourth-order valence-electron chi connectivity index (χ4n) is 3.14. The lowest BCUT2D eigenvalue weighted by Gasteiger charge is -2.18. The quantitative estimate of drug-likeness (QED) is 0.626. The lowest BCUT2D eigenvalue weighted by molar-refractivity contribution is -0.125. The Hall–Kier alpha value is -0.0500. The molecular weight excluding hydrogens is 278 g/mol. The van der Waals surface area contributed by atoms with Gasteiger partial charge in [0.1, 0.15) is 0 Å². The smallest absolute Gasteiger partial charge is 0.223 e. The molecular formula is C14H24BrNO. The van der Waals surface area contributed by atoms with E-state index in [4.69, 9.17) is 0 Å². The van der Waals surface area contributed by atoms with Crippen molar-refractivity contribution in [1.29, 1.82) is 0 Å². The fraction of sp³-hybridized carbons (Fsp3) is 0.929. The minimum absolute atomic E-state index is 0.299. The molecule has 2 rings (SSSR count). The molecule has 0 spiro atoms. The molecule has 0 aromatic carbocycles. The molecule has 2 aliphatic rings. The molecule has 1 amide bonds. The second-order valence-corrected chi connectivity index (χ2v) is 6.82. The Balaban J connectivity index is 1.72. The van der Waals surface area contributed by atoms with Gasteiger partial charge in [-0.2, -0.15) is 0 Å². The first kappa shape index (κ1) is 13.4. The summed E-state index contributed by atoms with van der Waals surface area (Å²) in [6.45, 7) is 0.880. The summed E-state index contributed by atoms with van der Waals surface area (Å²) in [6.07, 6.45) is 11.2. The maximum Gasteiger partial charge on any atom is 0.223 e. The average Bonchev–Trinajstić information content (AvgIpc) is 2.58. The number of rotatable bonds is 3. The standard InChI is InChI=1S/C14H24BrNO/c15-13-9-5-8-12(13)10-16-14(17)11-6-3-1-2-4-7-11/h11-13H,1-10H2,(H,16,17). The number of carbonyl (C=O) groups excluding carboxylic acids is 1.